The molecule has 5 heteroatoms. The van der Waals surface area contributed by atoms with Gasteiger partial charge in [-0.3, -0.25) is 0 Å². The number of aryl methyl sites for hydroxylation is 1. The molecule has 0 amide bonds. The van der Waals surface area contributed by atoms with Crippen LogP contribution in [0.25, 0.3) is 11.3 Å². The Labute approximate surface area is 113 Å². The molecule has 0 unspecified atom stereocenters. The van der Waals surface area contributed by atoms with Crippen LogP contribution in [-0.4, -0.2) is 23.8 Å². The maximum atomic E-state index is 5.83. The quantitative estimate of drug-likeness (QED) is 0.912. The molecule has 2 aromatic rings. The van der Waals surface area contributed by atoms with Gasteiger partial charge in [0.05, 0.1) is 25.6 Å². The maximum absolute atomic E-state index is 5.83. The van der Waals surface area contributed by atoms with E-state index < -0.39 is 0 Å². The number of imidazole rings is 1. The topological polar surface area (TPSA) is 62.3 Å². The van der Waals surface area contributed by atoms with Gasteiger partial charge in [0, 0.05) is 19.2 Å². The van der Waals surface area contributed by atoms with Gasteiger partial charge in [0.1, 0.15) is 17.3 Å². The van der Waals surface area contributed by atoms with Crippen LogP contribution in [0.2, 0.25) is 0 Å². The number of hydrogen-bond donors (Lipinski definition) is 1. The fourth-order valence-corrected chi connectivity index (χ4v) is 2.10. The van der Waals surface area contributed by atoms with E-state index in [-0.39, 0.29) is 0 Å². The summed E-state index contributed by atoms with van der Waals surface area (Å²) in [7, 11) is 5.24. The first-order chi connectivity index (χ1) is 9.12. The van der Waals surface area contributed by atoms with Gasteiger partial charge in [0.15, 0.2) is 0 Å². The van der Waals surface area contributed by atoms with Crippen LogP contribution in [0.15, 0.2) is 18.2 Å². The van der Waals surface area contributed by atoms with E-state index in [0.29, 0.717) is 6.54 Å². The SMILES string of the molecule is COc1ccc(OC)c(-c2nc(C)n(C)c2CN)c1. The molecule has 0 aliphatic rings. The van der Waals surface area contributed by atoms with Gasteiger partial charge in [0.25, 0.3) is 0 Å². The van der Waals surface area contributed by atoms with Gasteiger partial charge in [-0.2, -0.15) is 0 Å². The largest absolute Gasteiger partial charge is 0.497 e. The third-order valence-corrected chi connectivity index (χ3v) is 3.29. The average molecular weight is 261 g/mol. The van der Waals surface area contributed by atoms with Crippen molar-refractivity contribution < 1.29 is 9.47 Å². The fourth-order valence-electron chi connectivity index (χ4n) is 2.10. The molecule has 5 nitrogen and oxygen atoms in total. The van der Waals surface area contributed by atoms with Crippen molar-refractivity contribution in [3.8, 4) is 22.8 Å². The Balaban J connectivity index is 2.66. The monoisotopic (exact) mass is 261 g/mol. The van der Waals surface area contributed by atoms with Crippen LogP contribution in [-0.2, 0) is 13.6 Å². The Morgan fingerprint density at radius 3 is 2.58 bits per heavy atom. The van der Waals surface area contributed by atoms with E-state index in [1.165, 1.54) is 0 Å². The zero-order chi connectivity index (χ0) is 14.0. The van der Waals surface area contributed by atoms with Crippen molar-refractivity contribution in [2.75, 3.05) is 14.2 Å². The number of nitrogens with two attached hydrogens (primary N) is 1. The smallest absolute Gasteiger partial charge is 0.128 e. The first kappa shape index (κ1) is 13.4. The van der Waals surface area contributed by atoms with Crippen LogP contribution in [0.4, 0.5) is 0 Å². The number of benzene rings is 1. The summed E-state index contributed by atoms with van der Waals surface area (Å²) in [5.41, 5.74) is 8.55. The maximum Gasteiger partial charge on any atom is 0.128 e. The molecule has 19 heavy (non-hydrogen) atoms. The molecular formula is C14H19N3O2. The molecule has 0 spiro atoms. The van der Waals surface area contributed by atoms with Gasteiger partial charge in [0.2, 0.25) is 0 Å². The lowest BCUT2D eigenvalue weighted by molar-refractivity contribution is 0.404. The molecule has 0 radical (unpaired) electrons. The Bertz CT molecular complexity index is 591. The highest BCUT2D eigenvalue weighted by atomic mass is 16.5. The van der Waals surface area contributed by atoms with Gasteiger partial charge >= 0.3 is 0 Å². The summed E-state index contributed by atoms with van der Waals surface area (Å²) in [6.07, 6.45) is 0. The standard InChI is InChI=1S/C14H19N3O2/c1-9-16-14(12(8-15)17(9)2)11-7-10(18-3)5-6-13(11)19-4/h5-7H,8,15H2,1-4H3. The lowest BCUT2D eigenvalue weighted by Crippen LogP contribution is -2.05. The Morgan fingerprint density at radius 1 is 1.26 bits per heavy atom. The second-order valence-corrected chi connectivity index (χ2v) is 4.28. The predicted octanol–water partition coefficient (Wildman–Crippen LogP) is 1.87. The van der Waals surface area contributed by atoms with Crippen molar-refractivity contribution in [1.29, 1.82) is 0 Å². The molecule has 0 aliphatic heterocycles. The van der Waals surface area contributed by atoms with E-state index in [2.05, 4.69) is 4.98 Å². The lowest BCUT2D eigenvalue weighted by atomic mass is 10.1. The van der Waals surface area contributed by atoms with Gasteiger partial charge in [-0.15, -0.1) is 0 Å². The highest BCUT2D eigenvalue weighted by molar-refractivity contribution is 5.71. The molecule has 0 atom stereocenters. The molecule has 0 bridgehead atoms. The Kier molecular flexibility index (Phi) is 3.76. The van der Waals surface area contributed by atoms with E-state index in [1.807, 2.05) is 36.7 Å². The van der Waals surface area contributed by atoms with Crippen molar-refractivity contribution in [2.45, 2.75) is 13.5 Å². The van der Waals surface area contributed by atoms with E-state index in [1.54, 1.807) is 14.2 Å². The first-order valence-electron chi connectivity index (χ1n) is 6.07. The number of nitrogens with zero attached hydrogens (tertiary/aromatic N) is 2. The van der Waals surface area contributed by atoms with Crippen LogP contribution in [0.1, 0.15) is 11.5 Å². The zero-order valence-electron chi connectivity index (χ0n) is 11.7. The molecule has 2 N–H and O–H groups in total. The highest BCUT2D eigenvalue weighted by Gasteiger charge is 2.17. The van der Waals surface area contributed by atoms with Gasteiger partial charge in [-0.1, -0.05) is 0 Å². The summed E-state index contributed by atoms with van der Waals surface area (Å²) in [5, 5.41) is 0. The summed E-state index contributed by atoms with van der Waals surface area (Å²) in [6.45, 7) is 2.38. The molecule has 1 aromatic carbocycles. The van der Waals surface area contributed by atoms with E-state index in [4.69, 9.17) is 15.2 Å². The summed E-state index contributed by atoms with van der Waals surface area (Å²) < 4.78 is 12.7. The predicted molar refractivity (Wildman–Crippen MR) is 74.4 cm³/mol. The van der Waals surface area contributed by atoms with E-state index >= 15 is 0 Å². The molecule has 1 aromatic heterocycles. The average Bonchev–Trinajstić information content (AvgIpc) is 2.73. The van der Waals surface area contributed by atoms with Crippen molar-refractivity contribution in [1.82, 2.24) is 9.55 Å². The minimum Gasteiger partial charge on any atom is -0.497 e. The third kappa shape index (κ3) is 2.29. The number of rotatable bonds is 4. The van der Waals surface area contributed by atoms with Crippen LogP contribution in [0.5, 0.6) is 11.5 Å². The van der Waals surface area contributed by atoms with E-state index in [9.17, 15) is 0 Å². The van der Waals surface area contributed by atoms with Crippen molar-refractivity contribution in [3.63, 3.8) is 0 Å². The molecule has 0 fully saturated rings. The summed E-state index contributed by atoms with van der Waals surface area (Å²) in [4.78, 5) is 4.58. The van der Waals surface area contributed by atoms with Gasteiger partial charge < -0.3 is 19.8 Å². The number of methoxy groups -OCH3 is 2. The van der Waals surface area contributed by atoms with Gasteiger partial charge in [-0.05, 0) is 25.1 Å². The van der Waals surface area contributed by atoms with Crippen LogP contribution in [0, 0.1) is 6.92 Å². The van der Waals surface area contributed by atoms with Crippen molar-refractivity contribution in [2.24, 2.45) is 12.8 Å². The number of aromatic nitrogens is 2. The molecule has 2 rings (SSSR count). The van der Waals surface area contributed by atoms with E-state index in [0.717, 1.165) is 34.3 Å². The van der Waals surface area contributed by atoms with Crippen LogP contribution >= 0.6 is 0 Å². The summed E-state index contributed by atoms with van der Waals surface area (Å²) >= 11 is 0. The van der Waals surface area contributed by atoms with Crippen LogP contribution < -0.4 is 15.2 Å². The minimum absolute atomic E-state index is 0.424. The molecule has 1 heterocycles. The number of ether oxygens (including phenoxy) is 2. The first-order valence-corrected chi connectivity index (χ1v) is 6.07. The second kappa shape index (κ2) is 5.32. The fraction of sp³-hybridized carbons (Fsp3) is 0.357. The normalized spacial score (nSPS) is 10.6. The minimum atomic E-state index is 0.424. The molecule has 0 saturated heterocycles. The summed E-state index contributed by atoms with van der Waals surface area (Å²) in [6, 6.07) is 5.65. The van der Waals surface area contributed by atoms with Crippen molar-refractivity contribution >= 4 is 0 Å². The molecule has 0 aliphatic carbocycles. The Morgan fingerprint density at radius 2 is 2.00 bits per heavy atom. The third-order valence-electron chi connectivity index (χ3n) is 3.29. The lowest BCUT2D eigenvalue weighted by Gasteiger charge is -2.10. The van der Waals surface area contributed by atoms with Gasteiger partial charge in [-0.25, -0.2) is 4.98 Å². The summed E-state index contributed by atoms with van der Waals surface area (Å²) in [5.74, 6) is 2.44. The second-order valence-electron chi connectivity index (χ2n) is 4.28. The number of hydrogen-bond acceptors (Lipinski definition) is 4. The molecule has 102 valence electrons. The highest BCUT2D eigenvalue weighted by Crippen LogP contribution is 2.34. The molecule has 0 saturated carbocycles. The van der Waals surface area contributed by atoms with Crippen LogP contribution in [0.3, 0.4) is 0 Å². The van der Waals surface area contributed by atoms with Crippen molar-refractivity contribution in [3.05, 3.63) is 29.7 Å². The Hall–Kier alpha value is -2.01. The molecular weight excluding hydrogens is 242 g/mol. The zero-order valence-corrected chi connectivity index (χ0v) is 11.7.